The van der Waals surface area contributed by atoms with Gasteiger partial charge in [-0.05, 0) is 49.3 Å². The Hall–Kier alpha value is -1.69. The number of nitrogens with one attached hydrogen (secondary N) is 1. The van der Waals surface area contributed by atoms with Crippen LogP contribution in [0.3, 0.4) is 0 Å². The van der Waals surface area contributed by atoms with Gasteiger partial charge in [0, 0.05) is 23.2 Å². The number of nitrogens with zero attached hydrogens (tertiary/aromatic N) is 1. The maximum absolute atomic E-state index is 6.32. The van der Waals surface area contributed by atoms with Crippen LogP contribution < -0.4 is 14.8 Å². The van der Waals surface area contributed by atoms with Crippen molar-refractivity contribution in [2.24, 2.45) is 0 Å². The number of hydrogen-bond donors (Lipinski definition) is 1. The van der Waals surface area contributed by atoms with Crippen LogP contribution in [0, 0.1) is 0 Å². The zero-order valence-electron chi connectivity index (χ0n) is 16.0. The van der Waals surface area contributed by atoms with Crippen molar-refractivity contribution < 1.29 is 9.47 Å². The molecule has 1 aliphatic carbocycles. The minimum absolute atomic E-state index is 0.377. The van der Waals surface area contributed by atoms with Gasteiger partial charge in [0.05, 0.1) is 24.9 Å². The summed E-state index contributed by atoms with van der Waals surface area (Å²) in [7, 11) is 3.30. The first kappa shape index (κ1) is 21.0. The number of ether oxygens (including phenoxy) is 2. The Balaban J connectivity index is 1.86. The van der Waals surface area contributed by atoms with Crippen molar-refractivity contribution in [3.05, 3.63) is 52.0 Å². The van der Waals surface area contributed by atoms with Gasteiger partial charge in [0.1, 0.15) is 0 Å². The lowest BCUT2D eigenvalue weighted by Crippen LogP contribution is -2.41. The van der Waals surface area contributed by atoms with E-state index >= 15 is 0 Å². The first-order valence-electron chi connectivity index (χ1n) is 9.26. The second-order valence-electron chi connectivity index (χ2n) is 6.77. The van der Waals surface area contributed by atoms with Gasteiger partial charge < -0.3 is 19.7 Å². The molecule has 7 heteroatoms. The second kappa shape index (κ2) is 9.68. The predicted octanol–water partition coefficient (Wildman–Crippen LogP) is 6.15. The molecule has 1 N–H and O–H groups in total. The summed E-state index contributed by atoms with van der Waals surface area (Å²) in [5.74, 6) is 1.45. The summed E-state index contributed by atoms with van der Waals surface area (Å²) in [6, 6.07) is 11.6. The van der Waals surface area contributed by atoms with E-state index in [4.69, 9.17) is 44.9 Å². The number of thiocarbonyl (C=S) groups is 1. The van der Waals surface area contributed by atoms with Gasteiger partial charge in [-0.2, -0.15) is 0 Å². The van der Waals surface area contributed by atoms with E-state index in [1.807, 2.05) is 24.3 Å². The van der Waals surface area contributed by atoms with Gasteiger partial charge in [-0.3, -0.25) is 0 Å². The number of methoxy groups -OCH3 is 2. The highest BCUT2D eigenvalue weighted by molar-refractivity contribution is 7.80. The first-order chi connectivity index (χ1) is 13.5. The summed E-state index contributed by atoms with van der Waals surface area (Å²) < 4.78 is 11.1. The third kappa shape index (κ3) is 4.83. The van der Waals surface area contributed by atoms with E-state index < -0.39 is 0 Å². The largest absolute Gasteiger partial charge is 0.493 e. The van der Waals surface area contributed by atoms with Crippen molar-refractivity contribution in [1.29, 1.82) is 0 Å². The summed E-state index contributed by atoms with van der Waals surface area (Å²) in [6.45, 7) is 0.627. The number of rotatable bonds is 6. The van der Waals surface area contributed by atoms with E-state index in [9.17, 15) is 0 Å². The van der Waals surface area contributed by atoms with Gasteiger partial charge >= 0.3 is 0 Å². The molecule has 0 spiro atoms. The molecule has 0 unspecified atom stereocenters. The second-order valence-corrected chi connectivity index (χ2v) is 8.00. The fourth-order valence-corrected chi connectivity index (χ4v) is 4.40. The number of halogens is 2. The van der Waals surface area contributed by atoms with Crippen molar-refractivity contribution in [3.63, 3.8) is 0 Å². The van der Waals surface area contributed by atoms with Crippen molar-refractivity contribution >= 4 is 46.2 Å². The minimum Gasteiger partial charge on any atom is -0.493 e. The minimum atomic E-state index is 0.377. The molecule has 1 fully saturated rings. The van der Waals surface area contributed by atoms with Gasteiger partial charge in [-0.25, -0.2) is 0 Å². The van der Waals surface area contributed by atoms with Crippen LogP contribution >= 0.6 is 35.4 Å². The molecule has 0 amide bonds. The third-order valence-electron chi connectivity index (χ3n) is 5.02. The molecule has 28 heavy (non-hydrogen) atoms. The molecule has 0 heterocycles. The van der Waals surface area contributed by atoms with E-state index in [2.05, 4.69) is 10.2 Å². The van der Waals surface area contributed by atoms with Gasteiger partial charge in [-0.15, -0.1) is 0 Å². The van der Waals surface area contributed by atoms with Crippen LogP contribution in [0.1, 0.15) is 31.2 Å². The molecule has 0 aromatic heterocycles. The number of hydrogen-bond acceptors (Lipinski definition) is 3. The average molecular weight is 439 g/mol. The molecular weight excluding hydrogens is 415 g/mol. The summed E-state index contributed by atoms with van der Waals surface area (Å²) in [6.07, 6.45) is 4.65. The molecule has 0 atom stereocenters. The van der Waals surface area contributed by atoms with E-state index in [1.54, 1.807) is 26.4 Å². The fourth-order valence-electron chi connectivity index (χ4n) is 3.62. The molecule has 1 aliphatic rings. The van der Waals surface area contributed by atoms with E-state index in [1.165, 1.54) is 12.8 Å². The Morgan fingerprint density at radius 1 is 1.14 bits per heavy atom. The Bertz CT molecular complexity index is 841. The third-order valence-corrected chi connectivity index (χ3v) is 5.91. The van der Waals surface area contributed by atoms with Gasteiger partial charge in [0.25, 0.3) is 0 Å². The molecule has 2 aromatic carbocycles. The lowest BCUT2D eigenvalue weighted by Gasteiger charge is -2.32. The smallest absolute Gasteiger partial charge is 0.174 e. The molecular formula is C21H24Cl2N2O2S. The standard InChI is InChI=1S/C21H24Cl2N2O2S/c1-26-19-9-5-6-14(20(19)27-2)13-25(16-7-3-4-8-16)21(28)24-18-11-10-15(22)12-17(18)23/h5-6,9-12,16H,3-4,7-8,13H2,1-2H3,(H,24,28). The highest BCUT2D eigenvalue weighted by Crippen LogP contribution is 2.34. The molecule has 0 bridgehead atoms. The van der Waals surface area contributed by atoms with Gasteiger partial charge in [-0.1, -0.05) is 48.2 Å². The van der Waals surface area contributed by atoms with E-state index in [0.717, 1.165) is 29.8 Å². The van der Waals surface area contributed by atoms with Crippen molar-refractivity contribution in [2.75, 3.05) is 19.5 Å². The molecule has 2 aromatic rings. The molecule has 0 aliphatic heterocycles. The normalized spacial score (nSPS) is 14.0. The topological polar surface area (TPSA) is 33.7 Å². The number of para-hydroxylation sites is 1. The predicted molar refractivity (Wildman–Crippen MR) is 120 cm³/mol. The maximum atomic E-state index is 6.32. The van der Waals surface area contributed by atoms with Crippen molar-refractivity contribution in [3.8, 4) is 11.5 Å². The van der Waals surface area contributed by atoms with Gasteiger partial charge in [0.15, 0.2) is 16.6 Å². The molecule has 4 nitrogen and oxygen atoms in total. The lowest BCUT2D eigenvalue weighted by atomic mass is 10.1. The monoisotopic (exact) mass is 438 g/mol. The maximum Gasteiger partial charge on any atom is 0.174 e. The summed E-state index contributed by atoms with van der Waals surface area (Å²) in [5.41, 5.74) is 1.77. The Morgan fingerprint density at radius 2 is 1.89 bits per heavy atom. The first-order valence-corrected chi connectivity index (χ1v) is 10.4. The summed E-state index contributed by atoms with van der Waals surface area (Å²) in [5, 5.41) is 5.07. The SMILES string of the molecule is COc1cccc(CN(C(=S)Nc2ccc(Cl)cc2Cl)C2CCCC2)c1OC. The lowest BCUT2D eigenvalue weighted by molar-refractivity contribution is 0.300. The van der Waals surface area contributed by atoms with Crippen LogP contribution in [0.15, 0.2) is 36.4 Å². The fraction of sp³-hybridized carbons (Fsp3) is 0.381. The Kier molecular flexibility index (Phi) is 7.27. The molecule has 1 saturated carbocycles. The quantitative estimate of drug-likeness (QED) is 0.546. The van der Waals surface area contributed by atoms with Crippen molar-refractivity contribution in [1.82, 2.24) is 4.90 Å². The number of benzene rings is 2. The van der Waals surface area contributed by atoms with Crippen LogP contribution in [-0.2, 0) is 6.54 Å². The average Bonchev–Trinajstić information content (AvgIpc) is 3.22. The van der Waals surface area contributed by atoms with Crippen LogP contribution in [0.4, 0.5) is 5.69 Å². The highest BCUT2D eigenvalue weighted by Gasteiger charge is 2.26. The zero-order chi connectivity index (χ0) is 20.1. The molecule has 0 saturated heterocycles. The highest BCUT2D eigenvalue weighted by atomic mass is 35.5. The van der Waals surface area contributed by atoms with Crippen LogP contribution in [0.2, 0.25) is 10.0 Å². The Morgan fingerprint density at radius 3 is 2.54 bits per heavy atom. The summed E-state index contributed by atoms with van der Waals surface area (Å²) >= 11 is 18.1. The van der Waals surface area contributed by atoms with E-state index in [0.29, 0.717) is 33.5 Å². The number of anilines is 1. The molecule has 150 valence electrons. The summed E-state index contributed by atoms with van der Waals surface area (Å²) in [4.78, 5) is 2.23. The van der Waals surface area contributed by atoms with E-state index in [-0.39, 0.29) is 0 Å². The van der Waals surface area contributed by atoms with Crippen LogP contribution in [0.25, 0.3) is 0 Å². The van der Waals surface area contributed by atoms with Crippen LogP contribution in [0.5, 0.6) is 11.5 Å². The van der Waals surface area contributed by atoms with Gasteiger partial charge in [0.2, 0.25) is 0 Å². The zero-order valence-corrected chi connectivity index (χ0v) is 18.3. The molecule has 0 radical (unpaired) electrons. The Labute approximate surface area is 181 Å². The van der Waals surface area contributed by atoms with Crippen molar-refractivity contribution in [2.45, 2.75) is 38.3 Å². The van der Waals surface area contributed by atoms with Crippen LogP contribution in [-0.4, -0.2) is 30.3 Å². The molecule has 3 rings (SSSR count).